The van der Waals surface area contributed by atoms with Gasteiger partial charge in [-0.05, 0) is 30.7 Å². The molecule has 0 aromatic heterocycles. The van der Waals surface area contributed by atoms with Crippen LogP contribution in [0.1, 0.15) is 12.0 Å². The van der Waals surface area contributed by atoms with Crippen LogP contribution in [0.5, 0.6) is 0 Å². The fraction of sp³-hybridized carbons (Fsp3) is 0.200. The van der Waals surface area contributed by atoms with E-state index in [0.717, 1.165) is 0 Å². The van der Waals surface area contributed by atoms with E-state index in [0.29, 0.717) is 17.0 Å². The lowest BCUT2D eigenvalue weighted by molar-refractivity contribution is 0.508. The van der Waals surface area contributed by atoms with E-state index < -0.39 is 9.84 Å². The largest absolute Gasteiger partial charge is 0.508 e. The maximum absolute atomic E-state index is 11.8. The Labute approximate surface area is 92.9 Å². The molecule has 1 aromatic rings. The first kappa shape index (κ1) is 10.5. The van der Waals surface area contributed by atoms with Crippen molar-refractivity contribution in [2.45, 2.75) is 11.3 Å². The predicted molar refractivity (Wildman–Crippen MR) is 58.7 cm³/mol. The van der Waals surface area contributed by atoms with Gasteiger partial charge in [-0.1, -0.05) is 11.6 Å². The van der Waals surface area contributed by atoms with Gasteiger partial charge < -0.3 is 5.11 Å². The molecule has 1 N–H and O–H groups in total. The summed E-state index contributed by atoms with van der Waals surface area (Å²) in [6, 6.07) is 4.41. The number of sulfone groups is 1. The van der Waals surface area contributed by atoms with Crippen molar-refractivity contribution in [3.05, 3.63) is 34.9 Å². The Balaban J connectivity index is 2.76. The van der Waals surface area contributed by atoms with Crippen LogP contribution < -0.4 is 0 Å². The number of aliphatic hydroxyl groups is 1. The standard InChI is InChI=1S/C10H9ClO3S/c11-7-3-4-10-8(6-7)9(12)2-1-5-15(10,13)14/h2-4,6,12H,1,5H2. The third-order valence-electron chi connectivity index (χ3n) is 2.28. The van der Waals surface area contributed by atoms with Crippen LogP contribution in [0.25, 0.3) is 5.76 Å². The lowest BCUT2D eigenvalue weighted by atomic mass is 10.1. The Hall–Kier alpha value is -1.00. The van der Waals surface area contributed by atoms with Crippen molar-refractivity contribution in [2.24, 2.45) is 0 Å². The molecule has 0 saturated carbocycles. The van der Waals surface area contributed by atoms with Gasteiger partial charge in [-0.3, -0.25) is 0 Å². The topological polar surface area (TPSA) is 54.4 Å². The third-order valence-corrected chi connectivity index (χ3v) is 4.31. The van der Waals surface area contributed by atoms with Gasteiger partial charge in [0.05, 0.1) is 10.6 Å². The number of benzene rings is 1. The van der Waals surface area contributed by atoms with Crippen LogP contribution in [0.15, 0.2) is 29.2 Å². The molecular weight excluding hydrogens is 236 g/mol. The molecule has 1 aliphatic heterocycles. The smallest absolute Gasteiger partial charge is 0.179 e. The van der Waals surface area contributed by atoms with Crippen LogP contribution in [-0.4, -0.2) is 19.3 Å². The number of fused-ring (bicyclic) bond motifs is 1. The average molecular weight is 245 g/mol. The first-order valence-electron chi connectivity index (χ1n) is 4.42. The Morgan fingerprint density at radius 2 is 2.07 bits per heavy atom. The molecule has 0 spiro atoms. The molecule has 0 unspecified atom stereocenters. The Morgan fingerprint density at radius 3 is 2.80 bits per heavy atom. The number of halogens is 1. The predicted octanol–water partition coefficient (Wildman–Crippen LogP) is 2.42. The van der Waals surface area contributed by atoms with Crippen molar-refractivity contribution < 1.29 is 13.5 Å². The second-order valence-electron chi connectivity index (χ2n) is 3.34. The van der Waals surface area contributed by atoms with Crippen molar-refractivity contribution in [3.8, 4) is 0 Å². The van der Waals surface area contributed by atoms with E-state index >= 15 is 0 Å². The van der Waals surface area contributed by atoms with Gasteiger partial charge in [-0.2, -0.15) is 0 Å². The van der Waals surface area contributed by atoms with E-state index in [4.69, 9.17) is 11.6 Å². The van der Waals surface area contributed by atoms with Gasteiger partial charge in [0.15, 0.2) is 9.84 Å². The van der Waals surface area contributed by atoms with Gasteiger partial charge in [0.1, 0.15) is 5.76 Å². The van der Waals surface area contributed by atoms with Gasteiger partial charge in [0.25, 0.3) is 0 Å². The highest BCUT2D eigenvalue weighted by Gasteiger charge is 2.22. The van der Waals surface area contributed by atoms with Crippen LogP contribution in [0.3, 0.4) is 0 Å². The zero-order valence-electron chi connectivity index (χ0n) is 7.77. The van der Waals surface area contributed by atoms with Crippen molar-refractivity contribution in [1.82, 2.24) is 0 Å². The molecule has 1 aromatic carbocycles. The molecule has 2 rings (SSSR count). The van der Waals surface area contributed by atoms with Crippen LogP contribution in [0, 0.1) is 0 Å². The zero-order valence-corrected chi connectivity index (χ0v) is 9.35. The quantitative estimate of drug-likeness (QED) is 0.763. The summed E-state index contributed by atoms with van der Waals surface area (Å²) < 4.78 is 23.5. The van der Waals surface area contributed by atoms with E-state index in [1.165, 1.54) is 24.3 Å². The highest BCUT2D eigenvalue weighted by Crippen LogP contribution is 2.29. The molecule has 80 valence electrons. The first-order chi connectivity index (χ1) is 7.00. The van der Waals surface area contributed by atoms with Gasteiger partial charge >= 0.3 is 0 Å². The maximum Gasteiger partial charge on any atom is 0.179 e. The minimum Gasteiger partial charge on any atom is -0.508 e. The molecule has 0 bridgehead atoms. The first-order valence-corrected chi connectivity index (χ1v) is 6.45. The van der Waals surface area contributed by atoms with Gasteiger partial charge in [0.2, 0.25) is 0 Å². The normalized spacial score (nSPS) is 18.9. The monoisotopic (exact) mass is 244 g/mol. The maximum atomic E-state index is 11.8. The molecule has 1 heterocycles. The molecule has 0 aliphatic carbocycles. The van der Waals surface area contributed by atoms with Gasteiger partial charge in [-0.25, -0.2) is 8.42 Å². The summed E-state index contributed by atoms with van der Waals surface area (Å²) in [7, 11) is -3.30. The van der Waals surface area contributed by atoms with Crippen LogP contribution in [0.2, 0.25) is 5.02 Å². The van der Waals surface area contributed by atoms with Crippen LogP contribution in [-0.2, 0) is 9.84 Å². The number of hydrogen-bond acceptors (Lipinski definition) is 3. The van der Waals surface area contributed by atoms with Crippen LogP contribution >= 0.6 is 11.6 Å². The SMILES string of the molecule is O=S1(=O)CCC=C(O)c2cc(Cl)ccc21. The summed E-state index contributed by atoms with van der Waals surface area (Å²) in [6.45, 7) is 0. The van der Waals surface area contributed by atoms with E-state index in [2.05, 4.69) is 0 Å². The lowest BCUT2D eigenvalue weighted by Gasteiger charge is -2.06. The second kappa shape index (κ2) is 3.54. The molecule has 0 fully saturated rings. The molecular formula is C10H9ClO3S. The van der Waals surface area contributed by atoms with E-state index in [-0.39, 0.29) is 16.4 Å². The minimum atomic E-state index is -3.30. The second-order valence-corrected chi connectivity index (χ2v) is 5.85. The minimum absolute atomic E-state index is 0.0195. The summed E-state index contributed by atoms with van der Waals surface area (Å²) in [4.78, 5) is 0.151. The molecule has 0 amide bonds. The molecule has 0 radical (unpaired) electrons. The Bertz CT molecular complexity index is 532. The summed E-state index contributed by atoms with van der Waals surface area (Å²) in [5.41, 5.74) is 0.292. The molecule has 3 nitrogen and oxygen atoms in total. The number of hydrogen-bond donors (Lipinski definition) is 1. The molecule has 15 heavy (non-hydrogen) atoms. The fourth-order valence-electron chi connectivity index (χ4n) is 1.54. The molecule has 0 atom stereocenters. The highest BCUT2D eigenvalue weighted by molar-refractivity contribution is 7.91. The zero-order chi connectivity index (χ0) is 11.1. The highest BCUT2D eigenvalue weighted by atomic mass is 35.5. The average Bonchev–Trinajstić information content (AvgIpc) is 2.25. The van der Waals surface area contributed by atoms with Crippen molar-refractivity contribution in [1.29, 1.82) is 0 Å². The van der Waals surface area contributed by atoms with Gasteiger partial charge in [0, 0.05) is 10.6 Å². The van der Waals surface area contributed by atoms with Crippen molar-refractivity contribution in [2.75, 3.05) is 5.75 Å². The van der Waals surface area contributed by atoms with Crippen molar-refractivity contribution in [3.63, 3.8) is 0 Å². The third kappa shape index (κ3) is 1.87. The van der Waals surface area contributed by atoms with Crippen LogP contribution in [0.4, 0.5) is 0 Å². The van der Waals surface area contributed by atoms with E-state index in [1.807, 2.05) is 0 Å². The molecule has 0 saturated heterocycles. The molecule has 1 aliphatic rings. The van der Waals surface area contributed by atoms with Crippen molar-refractivity contribution >= 4 is 27.2 Å². The Morgan fingerprint density at radius 1 is 1.33 bits per heavy atom. The Kier molecular flexibility index (Phi) is 2.48. The molecule has 5 heteroatoms. The van der Waals surface area contributed by atoms with E-state index in [9.17, 15) is 13.5 Å². The number of aliphatic hydroxyl groups excluding tert-OH is 1. The number of allylic oxidation sites excluding steroid dienone is 1. The fourth-order valence-corrected chi connectivity index (χ4v) is 3.14. The van der Waals surface area contributed by atoms with Gasteiger partial charge in [-0.15, -0.1) is 0 Å². The van der Waals surface area contributed by atoms with E-state index in [1.54, 1.807) is 0 Å². The summed E-state index contributed by atoms with van der Waals surface area (Å²) in [5.74, 6) is -0.000302. The lowest BCUT2D eigenvalue weighted by Crippen LogP contribution is -2.06. The number of rotatable bonds is 0. The summed E-state index contributed by atoms with van der Waals surface area (Å²) in [5, 5.41) is 10.0. The summed E-state index contributed by atoms with van der Waals surface area (Å²) >= 11 is 5.76. The summed E-state index contributed by atoms with van der Waals surface area (Å²) in [6.07, 6.45) is 1.82.